The van der Waals surface area contributed by atoms with E-state index in [4.69, 9.17) is 5.11 Å². The van der Waals surface area contributed by atoms with Crippen molar-refractivity contribution in [2.45, 2.75) is 103 Å². The molecule has 0 heterocycles. The van der Waals surface area contributed by atoms with Crippen LogP contribution in [0.2, 0.25) is 0 Å². The first kappa shape index (κ1) is 25.3. The molecule has 0 aromatic rings. The van der Waals surface area contributed by atoms with Gasteiger partial charge in [-0.25, -0.2) is 4.79 Å². The summed E-state index contributed by atoms with van der Waals surface area (Å²) in [6.07, 6.45) is 2.83. The van der Waals surface area contributed by atoms with Crippen molar-refractivity contribution in [3.05, 3.63) is 0 Å². The Morgan fingerprint density at radius 3 is 2.33 bits per heavy atom. The summed E-state index contributed by atoms with van der Waals surface area (Å²) in [4.78, 5) is 11.0. The second-order valence-electron chi connectivity index (χ2n) is 12.4. The Labute approximate surface area is 196 Å². The molecule has 4 aliphatic carbocycles. The Morgan fingerprint density at radius 1 is 1.06 bits per heavy atom. The Kier molecular flexibility index (Phi) is 6.45. The highest BCUT2D eigenvalue weighted by Gasteiger charge is 2.67. The minimum atomic E-state index is -3.78. The van der Waals surface area contributed by atoms with Gasteiger partial charge < -0.3 is 20.4 Å². The third-order valence-electron chi connectivity index (χ3n) is 11.1. The average molecular weight is 473 g/mol. The second-order valence-corrected chi connectivity index (χ2v) is 12.4. The van der Waals surface area contributed by atoms with E-state index in [0.29, 0.717) is 19.3 Å². The van der Waals surface area contributed by atoms with E-state index in [0.717, 1.165) is 25.7 Å². The van der Waals surface area contributed by atoms with E-state index in [1.54, 1.807) is 6.92 Å². The fourth-order valence-corrected chi connectivity index (χ4v) is 9.52. The molecule has 12 atom stereocenters. The summed E-state index contributed by atoms with van der Waals surface area (Å²) in [5.41, 5.74) is -0.683. The van der Waals surface area contributed by atoms with Gasteiger partial charge in [-0.05, 0) is 90.8 Å². The van der Waals surface area contributed by atoms with Crippen molar-refractivity contribution < 1.29 is 34.0 Å². The zero-order valence-electron chi connectivity index (χ0n) is 20.4. The van der Waals surface area contributed by atoms with Crippen molar-refractivity contribution in [1.82, 2.24) is 0 Å². The first-order valence-corrected chi connectivity index (χ1v) is 12.9. The first-order valence-electron chi connectivity index (χ1n) is 12.9. The fraction of sp³-hybridized carbons (Fsp3) is 0.962. The van der Waals surface area contributed by atoms with Gasteiger partial charge in [-0.2, -0.15) is 8.78 Å². The summed E-state index contributed by atoms with van der Waals surface area (Å²) in [5.74, 6) is -6.19. The third kappa shape index (κ3) is 3.67. The number of carboxylic acid groups (broad SMARTS) is 1. The Balaban J connectivity index is 1.67. The molecule has 0 bridgehead atoms. The maximum atomic E-state index is 14.1. The summed E-state index contributed by atoms with van der Waals surface area (Å²) in [6, 6.07) is 0. The standard InChI is InChI=1S/C26H42F2O5/c1-5-15-18-10-14(29)8-9-24(18,3)19-11-20(30)25(4)16(6-7-17(25)21(19)22(15)31)13(2)12-26(27,28)23(32)33/h13-22,29-31H,5-12H2,1-4H3,(H,32,33)/t13-,14-,15-,16-,17?,18+,19?,20+,21?,22-,24+,25-/m1/s1. The van der Waals surface area contributed by atoms with Gasteiger partial charge in [-0.15, -0.1) is 0 Å². The van der Waals surface area contributed by atoms with E-state index in [1.165, 1.54) is 0 Å². The third-order valence-corrected chi connectivity index (χ3v) is 11.1. The highest BCUT2D eigenvalue weighted by molar-refractivity contribution is 5.75. The second kappa shape index (κ2) is 8.41. The topological polar surface area (TPSA) is 98.0 Å². The molecule has 7 heteroatoms. The highest BCUT2D eigenvalue weighted by Crippen LogP contribution is 2.69. The number of hydrogen-bond acceptors (Lipinski definition) is 4. The van der Waals surface area contributed by atoms with Gasteiger partial charge in [-0.3, -0.25) is 0 Å². The maximum Gasteiger partial charge on any atom is 0.374 e. The molecule has 4 N–H and O–H groups in total. The van der Waals surface area contributed by atoms with Crippen molar-refractivity contribution in [2.24, 2.45) is 52.3 Å². The SMILES string of the molecule is CC[C@H]1[C@@H](O)C2C3CC[C@H]([C@H](C)CC(F)(F)C(=O)O)[C@@]3(C)[C@@H](O)CC2[C@@]2(C)CC[C@@H](O)C[C@@H]12. The predicted molar refractivity (Wildman–Crippen MR) is 120 cm³/mol. The van der Waals surface area contributed by atoms with Gasteiger partial charge in [0, 0.05) is 6.42 Å². The predicted octanol–water partition coefficient (Wildman–Crippen LogP) is 4.33. The molecule has 3 unspecified atom stereocenters. The highest BCUT2D eigenvalue weighted by atomic mass is 19.3. The molecule has 33 heavy (non-hydrogen) atoms. The van der Waals surface area contributed by atoms with E-state index >= 15 is 0 Å². The van der Waals surface area contributed by atoms with Gasteiger partial charge in [-0.1, -0.05) is 34.1 Å². The monoisotopic (exact) mass is 472 g/mol. The van der Waals surface area contributed by atoms with E-state index in [-0.39, 0.29) is 47.0 Å². The first-order chi connectivity index (χ1) is 15.3. The van der Waals surface area contributed by atoms with Gasteiger partial charge in [0.2, 0.25) is 0 Å². The van der Waals surface area contributed by atoms with Crippen LogP contribution in [0.4, 0.5) is 8.78 Å². The average Bonchev–Trinajstić information content (AvgIpc) is 3.09. The maximum absolute atomic E-state index is 14.1. The largest absolute Gasteiger partial charge is 0.477 e. The number of rotatable bonds is 5. The van der Waals surface area contributed by atoms with Crippen LogP contribution in [-0.2, 0) is 4.79 Å². The molecular formula is C26H42F2O5. The van der Waals surface area contributed by atoms with Crippen molar-refractivity contribution in [3.8, 4) is 0 Å². The van der Waals surface area contributed by atoms with Crippen LogP contribution in [0.25, 0.3) is 0 Å². The summed E-state index contributed by atoms with van der Waals surface area (Å²) < 4.78 is 28.1. The molecule has 0 aromatic heterocycles. The number of carboxylic acids is 1. The van der Waals surface area contributed by atoms with Crippen LogP contribution >= 0.6 is 0 Å². The minimum Gasteiger partial charge on any atom is -0.477 e. The molecule has 0 spiro atoms. The molecule has 4 saturated carbocycles. The van der Waals surface area contributed by atoms with Gasteiger partial charge in [0.1, 0.15) is 0 Å². The van der Waals surface area contributed by atoms with E-state index in [9.17, 15) is 28.9 Å². The van der Waals surface area contributed by atoms with Crippen LogP contribution < -0.4 is 0 Å². The number of fused-ring (bicyclic) bond motifs is 5. The molecule has 4 fully saturated rings. The molecule has 0 aliphatic heterocycles. The summed E-state index contributed by atoms with van der Waals surface area (Å²) in [5, 5.41) is 42.5. The van der Waals surface area contributed by atoms with Crippen molar-refractivity contribution >= 4 is 5.97 Å². The zero-order chi connectivity index (χ0) is 24.5. The molecule has 0 radical (unpaired) electrons. The smallest absolute Gasteiger partial charge is 0.374 e. The quantitative estimate of drug-likeness (QED) is 0.478. The number of carbonyl (C=O) groups is 1. The molecule has 0 amide bonds. The fourth-order valence-electron chi connectivity index (χ4n) is 9.52. The van der Waals surface area contributed by atoms with Crippen molar-refractivity contribution in [3.63, 3.8) is 0 Å². The van der Waals surface area contributed by atoms with E-state index in [1.807, 2.05) is 6.92 Å². The lowest BCUT2D eigenvalue weighted by Crippen LogP contribution is -2.65. The van der Waals surface area contributed by atoms with Crippen molar-refractivity contribution in [1.29, 1.82) is 0 Å². The Morgan fingerprint density at radius 2 is 1.73 bits per heavy atom. The van der Waals surface area contributed by atoms with Crippen LogP contribution in [0.15, 0.2) is 0 Å². The van der Waals surface area contributed by atoms with Crippen LogP contribution in [0, 0.1) is 52.3 Å². The number of aliphatic hydroxyl groups excluding tert-OH is 3. The molecular weight excluding hydrogens is 430 g/mol. The Bertz CT molecular complexity index is 761. The molecule has 0 saturated heterocycles. The van der Waals surface area contributed by atoms with Crippen LogP contribution in [0.3, 0.4) is 0 Å². The summed E-state index contributed by atoms with van der Waals surface area (Å²) >= 11 is 0. The lowest BCUT2D eigenvalue weighted by molar-refractivity contribution is -0.229. The Hall–Kier alpha value is -0.790. The van der Waals surface area contributed by atoms with E-state index < -0.39 is 41.9 Å². The lowest BCUT2D eigenvalue weighted by Gasteiger charge is -2.65. The summed E-state index contributed by atoms with van der Waals surface area (Å²) in [6.45, 7) is 8.08. The number of aliphatic hydroxyl groups is 3. The summed E-state index contributed by atoms with van der Waals surface area (Å²) in [7, 11) is 0. The van der Waals surface area contributed by atoms with Gasteiger partial charge in [0.25, 0.3) is 0 Å². The minimum absolute atomic E-state index is 0.00275. The molecule has 5 nitrogen and oxygen atoms in total. The van der Waals surface area contributed by atoms with Crippen LogP contribution in [0.1, 0.15) is 79.1 Å². The molecule has 4 rings (SSSR count). The normalized spacial score (nSPS) is 50.8. The zero-order valence-corrected chi connectivity index (χ0v) is 20.4. The van der Waals surface area contributed by atoms with E-state index in [2.05, 4.69) is 13.8 Å². The number of hydrogen-bond donors (Lipinski definition) is 4. The van der Waals surface area contributed by atoms with Crippen LogP contribution in [0.5, 0.6) is 0 Å². The van der Waals surface area contributed by atoms with Crippen molar-refractivity contribution in [2.75, 3.05) is 0 Å². The molecule has 4 aliphatic rings. The van der Waals surface area contributed by atoms with Crippen LogP contribution in [-0.4, -0.2) is 50.6 Å². The number of alkyl halides is 2. The number of halogens is 2. The van der Waals surface area contributed by atoms with Gasteiger partial charge in [0.05, 0.1) is 18.3 Å². The van der Waals surface area contributed by atoms with Gasteiger partial charge in [0.15, 0.2) is 0 Å². The van der Waals surface area contributed by atoms with Gasteiger partial charge >= 0.3 is 11.9 Å². The molecule has 190 valence electrons. The number of aliphatic carboxylic acids is 1. The lowest BCUT2D eigenvalue weighted by atomic mass is 9.41. The molecule has 0 aromatic carbocycles.